The van der Waals surface area contributed by atoms with Gasteiger partial charge in [0.25, 0.3) is 5.56 Å². The number of allylic oxidation sites excluding steroid dienone is 1. The minimum absolute atomic E-state index is 0.209. The highest BCUT2D eigenvalue weighted by Crippen LogP contribution is 2.32. The van der Waals surface area contributed by atoms with E-state index in [1.54, 1.807) is 59.5 Å². The molecule has 0 N–H and O–H groups in total. The highest BCUT2D eigenvalue weighted by Gasteiger charge is 2.33. The predicted molar refractivity (Wildman–Crippen MR) is 133 cm³/mol. The average molecular weight is 495 g/mol. The van der Waals surface area contributed by atoms with E-state index in [0.29, 0.717) is 49.0 Å². The van der Waals surface area contributed by atoms with E-state index < -0.39 is 12.0 Å². The third kappa shape index (κ3) is 4.59. The fourth-order valence-electron chi connectivity index (χ4n) is 4.01. The van der Waals surface area contributed by atoms with Gasteiger partial charge < -0.3 is 18.9 Å². The Morgan fingerprint density at radius 1 is 1.09 bits per heavy atom. The van der Waals surface area contributed by atoms with Crippen LogP contribution in [-0.2, 0) is 9.53 Å². The maximum atomic E-state index is 13.7. The second-order valence-corrected chi connectivity index (χ2v) is 8.70. The third-order valence-electron chi connectivity index (χ3n) is 5.65. The lowest BCUT2D eigenvalue weighted by atomic mass is 9.95. The Bertz CT molecular complexity index is 1480. The van der Waals surface area contributed by atoms with Crippen LogP contribution in [0.2, 0.25) is 0 Å². The quantitative estimate of drug-likeness (QED) is 0.470. The highest BCUT2D eigenvalue weighted by atomic mass is 32.1. The molecule has 2 aromatic carbocycles. The van der Waals surface area contributed by atoms with Gasteiger partial charge in [0.2, 0.25) is 0 Å². The molecular formula is C26H26N2O6S. The topological polar surface area (TPSA) is 88.4 Å². The van der Waals surface area contributed by atoms with E-state index in [9.17, 15) is 9.59 Å². The van der Waals surface area contributed by atoms with Crippen LogP contribution in [0, 0.1) is 0 Å². The van der Waals surface area contributed by atoms with Gasteiger partial charge in [-0.15, -0.1) is 0 Å². The number of ether oxygens (including phenoxy) is 4. The number of benzene rings is 2. The largest absolute Gasteiger partial charge is 0.497 e. The lowest BCUT2D eigenvalue weighted by molar-refractivity contribution is -0.139. The molecule has 1 aliphatic heterocycles. The van der Waals surface area contributed by atoms with E-state index in [-0.39, 0.29) is 12.2 Å². The SMILES string of the molecule is CCOC(=O)C1=C(C)N=c2sc(=Cc3cc(OC)ccc3OC)c(=O)n2C1c1cccc(OC)c1. The van der Waals surface area contributed by atoms with Crippen molar-refractivity contribution >= 4 is 23.4 Å². The molecule has 1 unspecified atom stereocenters. The van der Waals surface area contributed by atoms with Gasteiger partial charge in [-0.05, 0) is 55.8 Å². The smallest absolute Gasteiger partial charge is 0.338 e. The molecule has 0 spiro atoms. The molecule has 0 aliphatic carbocycles. The van der Waals surface area contributed by atoms with Crippen LogP contribution in [0.3, 0.4) is 0 Å². The molecule has 3 aromatic rings. The fraction of sp³-hybridized carbons (Fsp3) is 0.269. The normalized spacial score (nSPS) is 15.3. The molecule has 1 atom stereocenters. The van der Waals surface area contributed by atoms with E-state index in [2.05, 4.69) is 4.99 Å². The van der Waals surface area contributed by atoms with Crippen LogP contribution in [0.4, 0.5) is 0 Å². The first-order valence-corrected chi connectivity index (χ1v) is 11.8. The van der Waals surface area contributed by atoms with Crippen molar-refractivity contribution in [1.82, 2.24) is 4.57 Å². The molecule has 0 saturated carbocycles. The van der Waals surface area contributed by atoms with E-state index in [1.165, 1.54) is 15.9 Å². The number of hydrogen-bond donors (Lipinski definition) is 0. The summed E-state index contributed by atoms with van der Waals surface area (Å²) in [6, 6.07) is 11.9. The zero-order valence-electron chi connectivity index (χ0n) is 20.2. The minimum Gasteiger partial charge on any atom is -0.497 e. The van der Waals surface area contributed by atoms with Crippen LogP contribution in [0.1, 0.15) is 31.0 Å². The van der Waals surface area contributed by atoms with Crippen molar-refractivity contribution in [3.63, 3.8) is 0 Å². The van der Waals surface area contributed by atoms with E-state index in [4.69, 9.17) is 18.9 Å². The Hall–Kier alpha value is -3.85. The number of nitrogens with zero attached hydrogens (tertiary/aromatic N) is 2. The van der Waals surface area contributed by atoms with Crippen molar-refractivity contribution in [3.8, 4) is 17.2 Å². The lowest BCUT2D eigenvalue weighted by Crippen LogP contribution is -2.39. The Morgan fingerprint density at radius 3 is 2.51 bits per heavy atom. The summed E-state index contributed by atoms with van der Waals surface area (Å²) in [5.74, 6) is 1.35. The highest BCUT2D eigenvalue weighted by molar-refractivity contribution is 7.07. The lowest BCUT2D eigenvalue weighted by Gasteiger charge is -2.25. The minimum atomic E-state index is -0.713. The molecule has 0 radical (unpaired) electrons. The maximum absolute atomic E-state index is 13.7. The van der Waals surface area contributed by atoms with Gasteiger partial charge in [0.05, 0.1) is 49.8 Å². The van der Waals surface area contributed by atoms with E-state index in [1.807, 2.05) is 24.3 Å². The second kappa shape index (κ2) is 10.2. The van der Waals surface area contributed by atoms with Crippen LogP contribution >= 0.6 is 11.3 Å². The summed E-state index contributed by atoms with van der Waals surface area (Å²) < 4.78 is 23.5. The third-order valence-corrected chi connectivity index (χ3v) is 6.63. The van der Waals surface area contributed by atoms with Gasteiger partial charge in [-0.3, -0.25) is 9.36 Å². The molecule has 2 heterocycles. The van der Waals surface area contributed by atoms with Crippen molar-refractivity contribution in [1.29, 1.82) is 0 Å². The molecule has 1 aliphatic rings. The van der Waals surface area contributed by atoms with Crippen molar-refractivity contribution < 1.29 is 23.7 Å². The fourth-order valence-corrected chi connectivity index (χ4v) is 5.05. The number of carbonyl (C=O) groups is 1. The van der Waals surface area contributed by atoms with Crippen LogP contribution in [0.15, 0.2) is 63.5 Å². The predicted octanol–water partition coefficient (Wildman–Crippen LogP) is 2.82. The maximum Gasteiger partial charge on any atom is 0.338 e. The molecule has 35 heavy (non-hydrogen) atoms. The van der Waals surface area contributed by atoms with Crippen LogP contribution in [0.25, 0.3) is 6.08 Å². The first-order valence-electron chi connectivity index (χ1n) is 11.0. The van der Waals surface area contributed by atoms with Gasteiger partial charge in [-0.1, -0.05) is 23.5 Å². The number of rotatable bonds is 7. The Labute approximate surface area is 206 Å². The van der Waals surface area contributed by atoms with E-state index in [0.717, 1.165) is 0 Å². The summed E-state index contributed by atoms with van der Waals surface area (Å²) in [4.78, 5) is 31.8. The van der Waals surface area contributed by atoms with Crippen LogP contribution in [-0.4, -0.2) is 38.5 Å². The Balaban J connectivity index is 1.98. The van der Waals surface area contributed by atoms with Crippen molar-refractivity contribution in [2.75, 3.05) is 27.9 Å². The molecule has 4 rings (SSSR count). The number of methoxy groups -OCH3 is 3. The average Bonchev–Trinajstić information content (AvgIpc) is 3.17. The number of fused-ring (bicyclic) bond motifs is 1. The van der Waals surface area contributed by atoms with Crippen molar-refractivity contribution in [2.24, 2.45) is 4.99 Å². The van der Waals surface area contributed by atoms with Gasteiger partial charge in [0.15, 0.2) is 4.80 Å². The summed E-state index contributed by atoms with van der Waals surface area (Å²) in [7, 11) is 4.71. The monoisotopic (exact) mass is 494 g/mol. The van der Waals surface area contributed by atoms with Gasteiger partial charge in [-0.25, -0.2) is 9.79 Å². The summed E-state index contributed by atoms with van der Waals surface area (Å²) >= 11 is 1.24. The summed E-state index contributed by atoms with van der Waals surface area (Å²) in [6.45, 7) is 3.70. The molecule has 0 amide bonds. The molecule has 1 aromatic heterocycles. The van der Waals surface area contributed by atoms with Gasteiger partial charge in [0, 0.05) is 5.56 Å². The van der Waals surface area contributed by atoms with Crippen molar-refractivity contribution in [3.05, 3.63) is 84.5 Å². The van der Waals surface area contributed by atoms with Crippen molar-refractivity contribution in [2.45, 2.75) is 19.9 Å². The molecule has 9 heteroatoms. The number of carbonyl (C=O) groups excluding carboxylic acids is 1. The zero-order chi connectivity index (χ0) is 25.1. The molecule has 0 fully saturated rings. The standard InChI is InChI=1S/C26H26N2O6S/c1-6-34-25(30)22-15(2)27-26-28(23(22)16-8-7-9-18(12-16)31-3)24(29)21(35-26)14-17-13-19(32-4)10-11-20(17)33-5/h7-14,23H,6H2,1-5H3. The van der Waals surface area contributed by atoms with Gasteiger partial charge in [-0.2, -0.15) is 0 Å². The molecule has 182 valence electrons. The van der Waals surface area contributed by atoms with Crippen LogP contribution in [0.5, 0.6) is 17.2 Å². The molecule has 0 saturated heterocycles. The molecule has 8 nitrogen and oxygen atoms in total. The number of aromatic nitrogens is 1. The second-order valence-electron chi connectivity index (χ2n) is 7.69. The number of hydrogen-bond acceptors (Lipinski definition) is 8. The Kier molecular flexibility index (Phi) is 7.07. The van der Waals surface area contributed by atoms with E-state index >= 15 is 0 Å². The first-order chi connectivity index (χ1) is 16.9. The summed E-state index contributed by atoms with van der Waals surface area (Å²) in [6.07, 6.45) is 1.75. The number of thiazole rings is 1. The zero-order valence-corrected chi connectivity index (χ0v) is 21.0. The summed E-state index contributed by atoms with van der Waals surface area (Å²) in [5.41, 5.74) is 1.95. The molecular weight excluding hydrogens is 468 g/mol. The summed E-state index contributed by atoms with van der Waals surface area (Å²) in [5, 5.41) is 0. The van der Waals surface area contributed by atoms with Gasteiger partial charge >= 0.3 is 5.97 Å². The van der Waals surface area contributed by atoms with Crippen LogP contribution < -0.4 is 29.1 Å². The molecule has 0 bridgehead atoms. The Morgan fingerprint density at radius 2 is 1.83 bits per heavy atom. The van der Waals surface area contributed by atoms with Gasteiger partial charge in [0.1, 0.15) is 17.2 Å². The first kappa shape index (κ1) is 24.3. The number of esters is 1.